The molecule has 0 unspecified atom stereocenters. The lowest BCUT2D eigenvalue weighted by molar-refractivity contribution is -0.137. The Morgan fingerprint density at radius 3 is 1.40 bits per heavy atom. The molecule has 0 aliphatic carbocycles. The average molecular weight is 882 g/mol. The molecule has 0 saturated heterocycles. The first kappa shape index (κ1) is 41.2. The molecule has 0 radical (unpaired) electrons. The van der Waals surface area contributed by atoms with E-state index in [2.05, 4.69) is 87.6 Å². The van der Waals surface area contributed by atoms with Gasteiger partial charge in [-0.3, -0.25) is 0 Å². The Labute approximate surface area is 382 Å². The van der Waals surface area contributed by atoms with E-state index in [1.165, 1.54) is 12.1 Å². The van der Waals surface area contributed by atoms with Gasteiger partial charge in [-0.05, 0) is 130 Å². The highest BCUT2D eigenvalue weighted by molar-refractivity contribution is 6.12. The Kier molecular flexibility index (Phi) is 9.56. The van der Waals surface area contributed by atoms with Crippen LogP contribution in [0.4, 0.5) is 13.2 Å². The van der Waals surface area contributed by atoms with Crippen LogP contribution in [0.15, 0.2) is 140 Å². The van der Waals surface area contributed by atoms with E-state index in [9.17, 15) is 18.4 Å². The zero-order chi connectivity index (χ0) is 46.3. The molecule has 0 bridgehead atoms. The second kappa shape index (κ2) is 15.6. The number of para-hydroxylation sites is 2. The van der Waals surface area contributed by atoms with Crippen molar-refractivity contribution in [1.29, 1.82) is 5.26 Å². The standard InChI is InChI=1S/C55H38F3N9/c1-30-22-39(25-40(23-30)55(56,57)58)36-15-19-44(52(28-36)67-48-13-9-7-11-42(48)46-27-38(17-21-50(46)67)54-64-33(4)61-34(5)65-54)43-18-14-35(29-59)24-51(43)66-47-12-8-6-10-41(47)45-26-37(16-20-49(45)66)53-62-31(2)60-32(3)63-53/h6-28H,1-5H3. The van der Waals surface area contributed by atoms with E-state index in [0.717, 1.165) is 77.2 Å². The molecular formula is C55H38F3N9. The number of aryl methyl sites for hydroxylation is 5. The Morgan fingerprint density at radius 2 is 0.896 bits per heavy atom. The molecule has 0 N–H and O–H groups in total. The van der Waals surface area contributed by atoms with Crippen molar-refractivity contribution in [2.24, 2.45) is 0 Å². The number of hydrogen-bond donors (Lipinski definition) is 0. The summed E-state index contributed by atoms with van der Waals surface area (Å²) in [6, 6.07) is 46.6. The molecule has 0 spiro atoms. The molecule has 0 aliphatic rings. The lowest BCUT2D eigenvalue weighted by Gasteiger charge is -2.20. The first-order valence-electron chi connectivity index (χ1n) is 21.7. The predicted octanol–water partition coefficient (Wildman–Crippen LogP) is 13.4. The van der Waals surface area contributed by atoms with Gasteiger partial charge in [-0.1, -0.05) is 60.7 Å². The van der Waals surface area contributed by atoms with Gasteiger partial charge in [0.15, 0.2) is 11.6 Å². The quantitative estimate of drug-likeness (QED) is 0.163. The van der Waals surface area contributed by atoms with Crippen LogP contribution in [-0.4, -0.2) is 39.0 Å². The molecule has 324 valence electrons. The molecule has 0 atom stereocenters. The van der Waals surface area contributed by atoms with Crippen LogP contribution < -0.4 is 0 Å². The molecule has 12 heteroatoms. The number of alkyl halides is 3. The van der Waals surface area contributed by atoms with Crippen molar-refractivity contribution in [1.82, 2.24) is 39.0 Å². The number of rotatable bonds is 6. The fourth-order valence-corrected chi connectivity index (χ4v) is 9.48. The molecule has 11 aromatic rings. The molecule has 0 amide bonds. The molecule has 4 heterocycles. The van der Waals surface area contributed by atoms with Gasteiger partial charge in [0.25, 0.3) is 0 Å². The molecule has 67 heavy (non-hydrogen) atoms. The summed E-state index contributed by atoms with van der Waals surface area (Å²) in [6.45, 7) is 9.07. The molecule has 0 aliphatic heterocycles. The highest BCUT2D eigenvalue weighted by atomic mass is 19.4. The third kappa shape index (κ3) is 7.12. The maximum atomic E-state index is 14.4. The fraction of sp³-hybridized carbons (Fsp3) is 0.109. The number of nitrogens with zero attached hydrogens (tertiary/aromatic N) is 9. The van der Waals surface area contributed by atoms with Gasteiger partial charge >= 0.3 is 6.18 Å². The minimum atomic E-state index is -4.53. The summed E-state index contributed by atoms with van der Waals surface area (Å²) < 4.78 is 47.4. The maximum absolute atomic E-state index is 14.4. The fourth-order valence-electron chi connectivity index (χ4n) is 9.48. The van der Waals surface area contributed by atoms with Gasteiger partial charge in [-0.2, -0.15) is 18.4 Å². The highest BCUT2D eigenvalue weighted by Gasteiger charge is 2.31. The van der Waals surface area contributed by atoms with Gasteiger partial charge < -0.3 is 9.13 Å². The maximum Gasteiger partial charge on any atom is 0.416 e. The summed E-state index contributed by atoms with van der Waals surface area (Å²) in [5.41, 5.74) is 9.59. The normalized spacial score (nSPS) is 11.9. The monoisotopic (exact) mass is 881 g/mol. The molecule has 0 saturated carbocycles. The number of hydrogen-bond acceptors (Lipinski definition) is 7. The molecule has 0 fully saturated rings. The number of halogens is 3. The Hall–Kier alpha value is -8.56. The summed E-state index contributed by atoms with van der Waals surface area (Å²) in [7, 11) is 0. The number of benzene rings is 7. The van der Waals surface area contributed by atoms with Crippen LogP contribution >= 0.6 is 0 Å². The molecule has 9 nitrogen and oxygen atoms in total. The predicted molar refractivity (Wildman–Crippen MR) is 257 cm³/mol. The van der Waals surface area contributed by atoms with Crippen molar-refractivity contribution in [2.75, 3.05) is 0 Å². The van der Waals surface area contributed by atoms with E-state index < -0.39 is 11.7 Å². The molecule has 4 aromatic heterocycles. The van der Waals surface area contributed by atoms with Crippen molar-refractivity contribution < 1.29 is 13.2 Å². The first-order valence-corrected chi connectivity index (χ1v) is 21.7. The van der Waals surface area contributed by atoms with E-state index in [4.69, 9.17) is 0 Å². The minimum absolute atomic E-state index is 0.436. The van der Waals surface area contributed by atoms with Gasteiger partial charge in [0.05, 0.1) is 50.6 Å². The first-order chi connectivity index (χ1) is 32.3. The van der Waals surface area contributed by atoms with Crippen molar-refractivity contribution in [3.8, 4) is 62.5 Å². The van der Waals surface area contributed by atoms with Crippen LogP contribution in [0.5, 0.6) is 0 Å². The second-order valence-corrected chi connectivity index (χ2v) is 16.8. The van der Waals surface area contributed by atoms with Gasteiger partial charge in [0.2, 0.25) is 0 Å². The summed E-state index contributed by atoms with van der Waals surface area (Å²) in [6.07, 6.45) is -4.53. The average Bonchev–Trinajstić information content (AvgIpc) is 3.82. The largest absolute Gasteiger partial charge is 0.416 e. The van der Waals surface area contributed by atoms with Crippen molar-refractivity contribution >= 4 is 43.6 Å². The lowest BCUT2D eigenvalue weighted by atomic mass is 9.94. The van der Waals surface area contributed by atoms with E-state index in [1.54, 1.807) is 19.1 Å². The van der Waals surface area contributed by atoms with Crippen molar-refractivity contribution in [3.63, 3.8) is 0 Å². The number of fused-ring (bicyclic) bond motifs is 6. The van der Waals surface area contributed by atoms with Crippen LogP contribution in [0, 0.1) is 45.9 Å². The Bertz CT molecular complexity index is 3850. The molecule has 11 rings (SSSR count). The third-order valence-electron chi connectivity index (χ3n) is 12.2. The topological polar surface area (TPSA) is 111 Å². The highest BCUT2D eigenvalue weighted by Crippen LogP contribution is 2.44. The van der Waals surface area contributed by atoms with Crippen LogP contribution in [0.3, 0.4) is 0 Å². The zero-order valence-electron chi connectivity index (χ0n) is 36.9. The minimum Gasteiger partial charge on any atom is -0.309 e. The van der Waals surface area contributed by atoms with Crippen LogP contribution in [0.1, 0.15) is 40.0 Å². The van der Waals surface area contributed by atoms with E-state index >= 15 is 0 Å². The van der Waals surface area contributed by atoms with Gasteiger partial charge in [0.1, 0.15) is 23.3 Å². The van der Waals surface area contributed by atoms with Crippen LogP contribution in [-0.2, 0) is 6.18 Å². The zero-order valence-corrected chi connectivity index (χ0v) is 36.9. The smallest absolute Gasteiger partial charge is 0.309 e. The van der Waals surface area contributed by atoms with Gasteiger partial charge in [0, 0.05) is 43.8 Å². The number of aromatic nitrogens is 8. The summed E-state index contributed by atoms with van der Waals surface area (Å²) in [4.78, 5) is 27.4. The second-order valence-electron chi connectivity index (χ2n) is 16.8. The summed E-state index contributed by atoms with van der Waals surface area (Å²) in [5, 5.41) is 14.3. The third-order valence-corrected chi connectivity index (χ3v) is 12.2. The molecule has 7 aromatic carbocycles. The Balaban J connectivity index is 1.21. The molecular weight excluding hydrogens is 844 g/mol. The van der Waals surface area contributed by atoms with Crippen molar-refractivity contribution in [2.45, 2.75) is 40.8 Å². The van der Waals surface area contributed by atoms with E-state index in [1.807, 2.05) is 100 Å². The summed E-state index contributed by atoms with van der Waals surface area (Å²) in [5.74, 6) is 3.63. The van der Waals surface area contributed by atoms with E-state index in [-0.39, 0.29) is 0 Å². The lowest BCUT2D eigenvalue weighted by Crippen LogP contribution is -2.05. The SMILES string of the molecule is Cc1cc(-c2ccc(-c3ccc(C#N)cc3-n3c4ccccc4c4cc(-c5nc(C)nc(C)n5)ccc43)c(-n3c4ccccc4c4cc(-c5nc(C)nc(C)n5)ccc43)c2)cc(C(F)(F)F)c1. The van der Waals surface area contributed by atoms with Gasteiger partial charge in [-0.15, -0.1) is 0 Å². The van der Waals surface area contributed by atoms with Gasteiger partial charge in [-0.25, -0.2) is 29.9 Å². The van der Waals surface area contributed by atoms with E-state index in [0.29, 0.717) is 57.2 Å². The Morgan fingerprint density at radius 1 is 0.433 bits per heavy atom. The summed E-state index contributed by atoms with van der Waals surface area (Å²) >= 11 is 0. The van der Waals surface area contributed by atoms with Crippen LogP contribution in [0.2, 0.25) is 0 Å². The van der Waals surface area contributed by atoms with Crippen molar-refractivity contribution in [3.05, 3.63) is 180 Å². The number of nitriles is 1. The van der Waals surface area contributed by atoms with Crippen LogP contribution in [0.25, 0.3) is 100 Å².